The van der Waals surface area contributed by atoms with Crippen molar-refractivity contribution in [3.05, 3.63) is 95.1 Å². The third-order valence-electron chi connectivity index (χ3n) is 3.77. The average molecular weight is 371 g/mol. The summed E-state index contributed by atoms with van der Waals surface area (Å²) in [7, 11) is 0. The molecule has 0 aliphatic heterocycles. The average Bonchev–Trinajstić information content (AvgIpc) is 2.72. The van der Waals surface area contributed by atoms with Gasteiger partial charge in [-0.1, -0.05) is 23.7 Å². The minimum atomic E-state index is 0.994. The van der Waals surface area contributed by atoms with Crippen molar-refractivity contribution in [3.63, 3.8) is 0 Å². The highest BCUT2D eigenvalue weighted by molar-refractivity contribution is 7.98. The molecule has 0 aliphatic carbocycles. The maximum Gasteiger partial charge on any atom is 0.0249 e. The highest BCUT2D eigenvalue weighted by atomic mass is 32.2. The third-order valence-corrected chi connectivity index (χ3v) is 5.25. The summed E-state index contributed by atoms with van der Waals surface area (Å²) in [6.07, 6.45) is 4.15. The summed E-state index contributed by atoms with van der Waals surface area (Å²) in [5, 5.41) is 0. The van der Waals surface area contributed by atoms with Gasteiger partial charge in [0, 0.05) is 32.0 Å². The number of thioether (sulfide) groups is 2. The fraction of sp³-hybridized carbons (Fsp3) is 0.0833. The van der Waals surface area contributed by atoms with Crippen LogP contribution in [0.3, 0.4) is 0 Å². The Bertz CT molecular complexity index is 891. The van der Waals surface area contributed by atoms with Gasteiger partial charge in [-0.05, 0) is 85.3 Å². The fourth-order valence-corrected chi connectivity index (χ4v) is 3.09. The van der Waals surface area contributed by atoms with Gasteiger partial charge < -0.3 is 0 Å². The van der Waals surface area contributed by atoms with Gasteiger partial charge in [0.05, 0.1) is 0 Å². The standard InChI is InChI=1S/C24H18S2/c1-25-23-15-11-21(12-16-23)9-7-19-3-5-20(6-4-19)8-10-22-13-17-24(26-2)18-14-22/h3-6,11-18H,1-2H3. The first-order chi connectivity index (χ1) is 12.8. The van der Waals surface area contributed by atoms with Crippen LogP contribution in [0.15, 0.2) is 82.6 Å². The molecule has 0 amide bonds. The Morgan fingerprint density at radius 3 is 0.885 bits per heavy atom. The van der Waals surface area contributed by atoms with Crippen LogP contribution in [0.1, 0.15) is 22.3 Å². The zero-order valence-corrected chi connectivity index (χ0v) is 16.4. The second-order valence-corrected chi connectivity index (χ2v) is 7.29. The van der Waals surface area contributed by atoms with E-state index in [-0.39, 0.29) is 0 Å². The zero-order chi connectivity index (χ0) is 18.2. The van der Waals surface area contributed by atoms with E-state index in [1.54, 1.807) is 23.5 Å². The highest BCUT2D eigenvalue weighted by Gasteiger charge is 1.92. The van der Waals surface area contributed by atoms with E-state index < -0.39 is 0 Å². The van der Waals surface area contributed by atoms with Crippen LogP contribution in [0.2, 0.25) is 0 Å². The molecule has 2 heteroatoms. The summed E-state index contributed by atoms with van der Waals surface area (Å²) in [6, 6.07) is 24.7. The number of rotatable bonds is 2. The maximum atomic E-state index is 3.20. The lowest BCUT2D eigenvalue weighted by Crippen LogP contribution is -1.79. The minimum absolute atomic E-state index is 0.994. The van der Waals surface area contributed by atoms with E-state index in [4.69, 9.17) is 0 Å². The monoisotopic (exact) mass is 370 g/mol. The molecule has 3 rings (SSSR count). The second-order valence-electron chi connectivity index (χ2n) is 5.53. The maximum absolute atomic E-state index is 3.20. The molecule has 0 unspecified atom stereocenters. The minimum Gasteiger partial charge on any atom is -0.130 e. The van der Waals surface area contributed by atoms with E-state index >= 15 is 0 Å². The molecule has 0 aliphatic rings. The first-order valence-corrected chi connectivity index (χ1v) is 10.6. The Morgan fingerprint density at radius 2 is 0.654 bits per heavy atom. The Kier molecular flexibility index (Phi) is 6.50. The van der Waals surface area contributed by atoms with Gasteiger partial charge in [-0.3, -0.25) is 0 Å². The van der Waals surface area contributed by atoms with Crippen molar-refractivity contribution in [1.82, 2.24) is 0 Å². The highest BCUT2D eigenvalue weighted by Crippen LogP contribution is 2.15. The van der Waals surface area contributed by atoms with E-state index in [1.165, 1.54) is 9.79 Å². The van der Waals surface area contributed by atoms with Crippen molar-refractivity contribution in [2.45, 2.75) is 9.79 Å². The molecule has 126 valence electrons. The van der Waals surface area contributed by atoms with Gasteiger partial charge in [0.1, 0.15) is 0 Å². The van der Waals surface area contributed by atoms with Crippen LogP contribution in [-0.4, -0.2) is 12.5 Å². The molecule has 26 heavy (non-hydrogen) atoms. The molecule has 0 bridgehead atoms. The molecular formula is C24H18S2. The summed E-state index contributed by atoms with van der Waals surface area (Å²) in [5.41, 5.74) is 4.04. The molecule has 0 N–H and O–H groups in total. The van der Waals surface area contributed by atoms with Crippen molar-refractivity contribution < 1.29 is 0 Å². The molecule has 0 saturated carbocycles. The van der Waals surface area contributed by atoms with Crippen LogP contribution in [0.5, 0.6) is 0 Å². The third kappa shape index (κ3) is 5.24. The van der Waals surface area contributed by atoms with Gasteiger partial charge in [-0.2, -0.15) is 0 Å². The molecule has 0 nitrogen and oxygen atoms in total. The van der Waals surface area contributed by atoms with Crippen molar-refractivity contribution in [1.29, 1.82) is 0 Å². The lowest BCUT2D eigenvalue weighted by atomic mass is 10.1. The summed E-state index contributed by atoms with van der Waals surface area (Å²) in [4.78, 5) is 2.50. The van der Waals surface area contributed by atoms with Crippen LogP contribution in [-0.2, 0) is 0 Å². The van der Waals surface area contributed by atoms with Gasteiger partial charge in [-0.25, -0.2) is 0 Å². The Labute approximate surface area is 164 Å². The Morgan fingerprint density at radius 1 is 0.423 bits per heavy atom. The van der Waals surface area contributed by atoms with Gasteiger partial charge in [0.15, 0.2) is 0 Å². The zero-order valence-electron chi connectivity index (χ0n) is 14.7. The normalized spacial score (nSPS) is 9.62. The molecule has 3 aromatic carbocycles. The van der Waals surface area contributed by atoms with E-state index in [1.807, 2.05) is 24.3 Å². The quantitative estimate of drug-likeness (QED) is 0.405. The Hall–Kier alpha value is -2.52. The van der Waals surface area contributed by atoms with Crippen LogP contribution >= 0.6 is 23.5 Å². The largest absolute Gasteiger partial charge is 0.130 e. The number of hydrogen-bond donors (Lipinski definition) is 0. The molecule has 0 spiro atoms. The number of benzene rings is 3. The summed E-state index contributed by atoms with van der Waals surface area (Å²) in [6.45, 7) is 0. The van der Waals surface area contributed by atoms with Crippen molar-refractivity contribution in [3.8, 4) is 23.7 Å². The second kappa shape index (κ2) is 9.25. The summed E-state index contributed by atoms with van der Waals surface area (Å²) in [5.74, 6) is 12.8. The first kappa shape index (κ1) is 18.3. The van der Waals surface area contributed by atoms with E-state index in [2.05, 4.69) is 84.7 Å². The van der Waals surface area contributed by atoms with Crippen molar-refractivity contribution in [2.24, 2.45) is 0 Å². The van der Waals surface area contributed by atoms with Gasteiger partial charge in [0.25, 0.3) is 0 Å². The SMILES string of the molecule is CSc1ccc(C#Cc2ccc(C#Cc3ccc(SC)cc3)cc2)cc1. The van der Waals surface area contributed by atoms with Gasteiger partial charge in [0.2, 0.25) is 0 Å². The lowest BCUT2D eigenvalue weighted by Gasteiger charge is -1.96. The van der Waals surface area contributed by atoms with Crippen molar-refractivity contribution >= 4 is 23.5 Å². The number of hydrogen-bond acceptors (Lipinski definition) is 2. The van der Waals surface area contributed by atoms with Crippen LogP contribution in [0.25, 0.3) is 0 Å². The van der Waals surface area contributed by atoms with Crippen LogP contribution < -0.4 is 0 Å². The predicted octanol–water partition coefficient (Wildman–Crippen LogP) is 5.93. The Balaban J connectivity index is 1.68. The summed E-state index contributed by atoms with van der Waals surface area (Å²) >= 11 is 3.47. The summed E-state index contributed by atoms with van der Waals surface area (Å²) < 4.78 is 0. The van der Waals surface area contributed by atoms with Crippen molar-refractivity contribution in [2.75, 3.05) is 12.5 Å². The molecule has 0 atom stereocenters. The predicted molar refractivity (Wildman–Crippen MR) is 115 cm³/mol. The van der Waals surface area contributed by atoms with Crippen LogP contribution in [0, 0.1) is 23.7 Å². The molecular weight excluding hydrogens is 352 g/mol. The lowest BCUT2D eigenvalue weighted by molar-refractivity contribution is 1.45. The van der Waals surface area contributed by atoms with E-state index in [0.717, 1.165) is 22.3 Å². The molecule has 0 saturated heterocycles. The molecule has 3 aromatic rings. The van der Waals surface area contributed by atoms with Gasteiger partial charge >= 0.3 is 0 Å². The molecule has 0 radical (unpaired) electrons. The van der Waals surface area contributed by atoms with E-state index in [0.29, 0.717) is 0 Å². The molecule has 0 aromatic heterocycles. The first-order valence-electron chi connectivity index (χ1n) is 8.19. The molecule has 0 fully saturated rings. The van der Waals surface area contributed by atoms with Crippen LogP contribution in [0.4, 0.5) is 0 Å². The fourth-order valence-electron chi connectivity index (χ4n) is 2.27. The van der Waals surface area contributed by atoms with E-state index in [9.17, 15) is 0 Å². The van der Waals surface area contributed by atoms with Gasteiger partial charge in [-0.15, -0.1) is 23.5 Å². The smallest absolute Gasteiger partial charge is 0.0249 e. The molecule has 0 heterocycles. The topological polar surface area (TPSA) is 0 Å².